The molecular formula is C11H13NO. The van der Waals surface area contributed by atoms with Crippen LogP contribution in [0.2, 0.25) is 0 Å². The highest BCUT2D eigenvalue weighted by atomic mass is 16.2. The molecule has 0 atom stereocenters. The summed E-state index contributed by atoms with van der Waals surface area (Å²) in [6, 6.07) is 10.0. The van der Waals surface area contributed by atoms with Crippen LogP contribution in [0.3, 0.4) is 0 Å². The molecule has 1 amide bonds. The van der Waals surface area contributed by atoms with Gasteiger partial charge in [0.15, 0.2) is 0 Å². The molecule has 0 bridgehead atoms. The summed E-state index contributed by atoms with van der Waals surface area (Å²) in [5.41, 5.74) is 0.949. The molecule has 1 aliphatic rings. The van der Waals surface area contributed by atoms with Gasteiger partial charge in [-0.3, -0.25) is 4.79 Å². The van der Waals surface area contributed by atoms with Gasteiger partial charge >= 0.3 is 0 Å². The normalized spacial score (nSPS) is 17.9. The summed E-state index contributed by atoms with van der Waals surface area (Å²) < 4.78 is 0. The molecule has 2 rings (SSSR count). The Hall–Kier alpha value is -1.31. The van der Waals surface area contributed by atoms with Crippen molar-refractivity contribution in [1.82, 2.24) is 5.32 Å². The van der Waals surface area contributed by atoms with Crippen LogP contribution >= 0.6 is 0 Å². The summed E-state index contributed by atoms with van der Waals surface area (Å²) in [7, 11) is 1.70. The second-order valence-corrected chi connectivity index (χ2v) is 3.53. The van der Waals surface area contributed by atoms with Crippen molar-refractivity contribution >= 4 is 5.91 Å². The summed E-state index contributed by atoms with van der Waals surface area (Å²) >= 11 is 0. The monoisotopic (exact) mass is 175 g/mol. The number of carbonyl (C=O) groups excluding carboxylic acids is 1. The average molecular weight is 175 g/mol. The van der Waals surface area contributed by atoms with Crippen molar-refractivity contribution < 1.29 is 4.79 Å². The second-order valence-electron chi connectivity index (χ2n) is 3.53. The number of benzene rings is 1. The van der Waals surface area contributed by atoms with Crippen LogP contribution in [0.5, 0.6) is 0 Å². The van der Waals surface area contributed by atoms with Crippen LogP contribution in [-0.2, 0) is 10.2 Å². The van der Waals surface area contributed by atoms with Gasteiger partial charge in [0.2, 0.25) is 5.91 Å². The molecule has 1 saturated carbocycles. The number of hydrogen-bond donors (Lipinski definition) is 1. The van der Waals surface area contributed by atoms with E-state index >= 15 is 0 Å². The first-order chi connectivity index (χ1) is 6.29. The predicted molar refractivity (Wildman–Crippen MR) is 51.4 cm³/mol. The van der Waals surface area contributed by atoms with Crippen molar-refractivity contribution in [3.63, 3.8) is 0 Å². The molecule has 0 radical (unpaired) electrons. The summed E-state index contributed by atoms with van der Waals surface area (Å²) in [4.78, 5) is 11.6. The molecule has 2 heteroatoms. The zero-order chi connectivity index (χ0) is 9.31. The molecule has 1 fully saturated rings. The van der Waals surface area contributed by atoms with Crippen LogP contribution in [0.25, 0.3) is 0 Å². The molecule has 2 nitrogen and oxygen atoms in total. The summed E-state index contributed by atoms with van der Waals surface area (Å²) in [5, 5.41) is 2.73. The maximum absolute atomic E-state index is 11.6. The van der Waals surface area contributed by atoms with E-state index in [4.69, 9.17) is 0 Å². The first-order valence-corrected chi connectivity index (χ1v) is 4.57. The van der Waals surface area contributed by atoms with Crippen molar-refractivity contribution in [2.75, 3.05) is 7.05 Å². The molecule has 0 saturated heterocycles. The Balaban J connectivity index is 2.31. The van der Waals surface area contributed by atoms with Crippen molar-refractivity contribution in [3.05, 3.63) is 35.9 Å². The maximum atomic E-state index is 11.6. The lowest BCUT2D eigenvalue weighted by Gasteiger charge is -2.12. The third kappa shape index (κ3) is 1.22. The van der Waals surface area contributed by atoms with E-state index in [9.17, 15) is 4.79 Å². The topological polar surface area (TPSA) is 29.1 Å². The highest BCUT2D eigenvalue weighted by Crippen LogP contribution is 2.48. The van der Waals surface area contributed by atoms with Gasteiger partial charge < -0.3 is 5.32 Å². The number of likely N-dealkylation sites (N-methyl/N-ethyl adjacent to an activating group) is 1. The molecule has 1 N–H and O–H groups in total. The summed E-state index contributed by atoms with van der Waals surface area (Å²) in [6.45, 7) is 0. The molecule has 68 valence electrons. The van der Waals surface area contributed by atoms with E-state index in [1.165, 1.54) is 0 Å². The Morgan fingerprint density at radius 2 is 1.92 bits per heavy atom. The Labute approximate surface area is 78.0 Å². The van der Waals surface area contributed by atoms with Gasteiger partial charge in [0.1, 0.15) is 0 Å². The van der Waals surface area contributed by atoms with Crippen LogP contribution in [-0.4, -0.2) is 13.0 Å². The maximum Gasteiger partial charge on any atom is 0.230 e. The van der Waals surface area contributed by atoms with E-state index in [0.29, 0.717) is 0 Å². The second kappa shape index (κ2) is 2.87. The Bertz CT molecular complexity index is 314. The van der Waals surface area contributed by atoms with Crippen LogP contribution in [0.4, 0.5) is 0 Å². The van der Waals surface area contributed by atoms with E-state index in [1.54, 1.807) is 7.05 Å². The standard InChI is InChI=1S/C11H13NO/c1-12-10(13)11(7-8-11)9-5-3-2-4-6-9/h2-6H,7-8H2,1H3,(H,12,13). The Morgan fingerprint density at radius 3 is 2.38 bits per heavy atom. The quantitative estimate of drug-likeness (QED) is 0.724. The van der Waals surface area contributed by atoms with Crippen LogP contribution < -0.4 is 5.32 Å². The Morgan fingerprint density at radius 1 is 1.31 bits per heavy atom. The molecule has 13 heavy (non-hydrogen) atoms. The van der Waals surface area contributed by atoms with Crippen LogP contribution in [0.1, 0.15) is 18.4 Å². The fraction of sp³-hybridized carbons (Fsp3) is 0.364. The first-order valence-electron chi connectivity index (χ1n) is 4.57. The lowest BCUT2D eigenvalue weighted by molar-refractivity contribution is -0.123. The van der Waals surface area contributed by atoms with Gasteiger partial charge in [-0.05, 0) is 18.4 Å². The van der Waals surface area contributed by atoms with Crippen molar-refractivity contribution in [3.8, 4) is 0 Å². The molecule has 0 spiro atoms. The molecule has 1 aromatic rings. The summed E-state index contributed by atoms with van der Waals surface area (Å²) in [6.07, 6.45) is 1.97. The van der Waals surface area contributed by atoms with Gasteiger partial charge in [0.25, 0.3) is 0 Å². The third-order valence-electron chi connectivity index (χ3n) is 2.74. The molecule has 1 aliphatic carbocycles. The van der Waals surface area contributed by atoms with E-state index in [1.807, 2.05) is 30.3 Å². The number of hydrogen-bond acceptors (Lipinski definition) is 1. The van der Waals surface area contributed by atoms with Gasteiger partial charge in [-0.15, -0.1) is 0 Å². The first kappa shape index (κ1) is 8.30. The zero-order valence-corrected chi connectivity index (χ0v) is 7.71. The summed E-state index contributed by atoms with van der Waals surface area (Å²) in [5.74, 6) is 0.152. The SMILES string of the molecule is CNC(=O)C1(c2ccccc2)CC1. The van der Waals surface area contributed by atoms with Crippen molar-refractivity contribution in [2.45, 2.75) is 18.3 Å². The Kier molecular flexibility index (Phi) is 1.83. The smallest absolute Gasteiger partial charge is 0.230 e. The molecule has 0 aromatic heterocycles. The van der Waals surface area contributed by atoms with Gasteiger partial charge in [-0.2, -0.15) is 0 Å². The van der Waals surface area contributed by atoms with Gasteiger partial charge in [0.05, 0.1) is 5.41 Å². The van der Waals surface area contributed by atoms with Gasteiger partial charge in [-0.1, -0.05) is 30.3 Å². The minimum Gasteiger partial charge on any atom is -0.358 e. The third-order valence-corrected chi connectivity index (χ3v) is 2.74. The van der Waals surface area contributed by atoms with Crippen LogP contribution in [0.15, 0.2) is 30.3 Å². The number of carbonyl (C=O) groups is 1. The highest BCUT2D eigenvalue weighted by molar-refractivity contribution is 5.90. The average Bonchev–Trinajstić information content (AvgIpc) is 2.99. The van der Waals surface area contributed by atoms with Gasteiger partial charge in [0, 0.05) is 7.05 Å². The van der Waals surface area contributed by atoms with E-state index < -0.39 is 0 Å². The molecule has 0 aliphatic heterocycles. The van der Waals surface area contributed by atoms with Crippen LogP contribution in [0, 0.1) is 0 Å². The molecule has 0 unspecified atom stereocenters. The minimum absolute atomic E-state index is 0.152. The zero-order valence-electron chi connectivity index (χ0n) is 7.71. The van der Waals surface area contributed by atoms with Crippen molar-refractivity contribution in [1.29, 1.82) is 0 Å². The molecular weight excluding hydrogens is 162 g/mol. The van der Waals surface area contributed by atoms with E-state index in [0.717, 1.165) is 18.4 Å². The lowest BCUT2D eigenvalue weighted by atomic mass is 9.95. The largest absolute Gasteiger partial charge is 0.358 e. The predicted octanol–water partition coefficient (Wildman–Crippen LogP) is 1.46. The van der Waals surface area contributed by atoms with E-state index in [-0.39, 0.29) is 11.3 Å². The lowest BCUT2D eigenvalue weighted by Crippen LogP contribution is -2.31. The van der Waals surface area contributed by atoms with E-state index in [2.05, 4.69) is 5.32 Å². The number of amides is 1. The van der Waals surface area contributed by atoms with Crippen molar-refractivity contribution in [2.24, 2.45) is 0 Å². The highest BCUT2D eigenvalue weighted by Gasteiger charge is 2.50. The molecule has 1 aromatic carbocycles. The minimum atomic E-state index is -0.198. The fourth-order valence-electron chi connectivity index (χ4n) is 1.77. The number of nitrogens with one attached hydrogen (secondary N) is 1. The van der Waals surface area contributed by atoms with Gasteiger partial charge in [-0.25, -0.2) is 0 Å². The molecule has 0 heterocycles. The number of rotatable bonds is 2. The fourth-order valence-corrected chi connectivity index (χ4v) is 1.77.